The van der Waals surface area contributed by atoms with Gasteiger partial charge in [0.2, 0.25) is 0 Å². The highest BCUT2D eigenvalue weighted by Crippen LogP contribution is 2.24. The van der Waals surface area contributed by atoms with Crippen LogP contribution in [0.2, 0.25) is 10.0 Å². The van der Waals surface area contributed by atoms with E-state index < -0.39 is 5.97 Å². The molecule has 1 N–H and O–H groups in total. The molecule has 0 aliphatic heterocycles. The van der Waals surface area contributed by atoms with Crippen molar-refractivity contribution >= 4 is 29.2 Å². The molecule has 2 aromatic rings. The second kappa shape index (κ2) is 4.39. The van der Waals surface area contributed by atoms with Crippen LogP contribution in [0.1, 0.15) is 16.1 Å². The number of hydrogen-bond acceptors (Lipinski definition) is 2. The molecule has 17 heavy (non-hydrogen) atoms. The third-order valence-electron chi connectivity index (χ3n) is 2.27. The highest BCUT2D eigenvalue weighted by Gasteiger charge is 2.13. The third kappa shape index (κ3) is 2.28. The van der Waals surface area contributed by atoms with Crippen molar-refractivity contribution in [3.05, 3.63) is 45.7 Å². The molecule has 4 nitrogen and oxygen atoms in total. The van der Waals surface area contributed by atoms with Crippen molar-refractivity contribution in [2.45, 2.75) is 6.92 Å². The van der Waals surface area contributed by atoms with Crippen molar-refractivity contribution < 1.29 is 9.90 Å². The average Bonchev–Trinajstić information content (AvgIpc) is 2.64. The molecule has 0 aliphatic rings. The van der Waals surface area contributed by atoms with Crippen LogP contribution in [0.4, 0.5) is 0 Å². The Labute approximate surface area is 107 Å². The highest BCUT2D eigenvalue weighted by molar-refractivity contribution is 6.42. The summed E-state index contributed by atoms with van der Waals surface area (Å²) in [5.74, 6) is -1.05. The standard InChI is InChI=1S/C11H8Cl2N2O2/c1-6-5-15(14-10(6)11(16)17)7-2-3-8(12)9(13)4-7/h2-5H,1H3,(H,16,17). The van der Waals surface area contributed by atoms with Crippen molar-refractivity contribution in [1.29, 1.82) is 0 Å². The number of aryl methyl sites for hydroxylation is 1. The van der Waals surface area contributed by atoms with Gasteiger partial charge in [0.15, 0.2) is 5.69 Å². The van der Waals surface area contributed by atoms with Crippen LogP contribution in [0.15, 0.2) is 24.4 Å². The van der Waals surface area contributed by atoms with E-state index in [1.807, 2.05) is 0 Å². The zero-order chi connectivity index (χ0) is 12.6. The summed E-state index contributed by atoms with van der Waals surface area (Å²) in [4.78, 5) is 10.9. The molecule has 0 saturated carbocycles. The Morgan fingerprint density at radius 2 is 2.06 bits per heavy atom. The summed E-state index contributed by atoms with van der Waals surface area (Å²) in [6, 6.07) is 4.98. The molecule has 0 radical (unpaired) electrons. The lowest BCUT2D eigenvalue weighted by molar-refractivity contribution is 0.0689. The van der Waals surface area contributed by atoms with Gasteiger partial charge in [-0.3, -0.25) is 0 Å². The lowest BCUT2D eigenvalue weighted by Crippen LogP contribution is -2.01. The van der Waals surface area contributed by atoms with Gasteiger partial charge in [0.05, 0.1) is 15.7 Å². The first kappa shape index (κ1) is 12.0. The molecule has 1 aromatic carbocycles. The van der Waals surface area contributed by atoms with Crippen LogP contribution in [0.25, 0.3) is 5.69 Å². The van der Waals surface area contributed by atoms with E-state index in [4.69, 9.17) is 28.3 Å². The van der Waals surface area contributed by atoms with Crippen LogP contribution in [0.5, 0.6) is 0 Å². The molecule has 0 atom stereocenters. The van der Waals surface area contributed by atoms with Crippen LogP contribution in [-0.4, -0.2) is 20.9 Å². The summed E-state index contributed by atoms with van der Waals surface area (Å²) >= 11 is 11.7. The molecule has 0 aliphatic carbocycles. The smallest absolute Gasteiger partial charge is 0.356 e. The van der Waals surface area contributed by atoms with Crippen molar-refractivity contribution in [3.63, 3.8) is 0 Å². The summed E-state index contributed by atoms with van der Waals surface area (Å²) < 4.78 is 1.46. The lowest BCUT2D eigenvalue weighted by atomic mass is 10.3. The van der Waals surface area contributed by atoms with E-state index in [9.17, 15) is 4.79 Å². The molecule has 0 bridgehead atoms. The Bertz CT molecular complexity index is 593. The Balaban J connectivity index is 2.50. The monoisotopic (exact) mass is 270 g/mol. The number of aromatic carboxylic acids is 1. The maximum Gasteiger partial charge on any atom is 0.356 e. The molecule has 1 heterocycles. The minimum Gasteiger partial charge on any atom is -0.476 e. The summed E-state index contributed by atoms with van der Waals surface area (Å²) in [5.41, 5.74) is 1.27. The van der Waals surface area contributed by atoms with E-state index in [1.165, 1.54) is 4.68 Å². The van der Waals surface area contributed by atoms with E-state index in [0.29, 0.717) is 21.3 Å². The summed E-state index contributed by atoms with van der Waals surface area (Å²) in [5, 5.41) is 13.7. The molecule has 2 rings (SSSR count). The first-order chi connectivity index (χ1) is 7.99. The first-order valence-electron chi connectivity index (χ1n) is 4.74. The van der Waals surface area contributed by atoms with E-state index in [0.717, 1.165) is 0 Å². The van der Waals surface area contributed by atoms with Gasteiger partial charge in [-0.05, 0) is 25.1 Å². The zero-order valence-electron chi connectivity index (χ0n) is 8.82. The van der Waals surface area contributed by atoms with Crippen molar-refractivity contribution in [1.82, 2.24) is 9.78 Å². The fourth-order valence-electron chi connectivity index (χ4n) is 1.43. The van der Waals surface area contributed by atoms with Crippen LogP contribution in [0, 0.1) is 6.92 Å². The third-order valence-corrected chi connectivity index (χ3v) is 3.01. The van der Waals surface area contributed by atoms with E-state index in [-0.39, 0.29) is 5.69 Å². The second-order valence-electron chi connectivity index (χ2n) is 3.51. The highest BCUT2D eigenvalue weighted by atomic mass is 35.5. The van der Waals surface area contributed by atoms with E-state index >= 15 is 0 Å². The maximum atomic E-state index is 10.9. The van der Waals surface area contributed by atoms with Crippen LogP contribution in [-0.2, 0) is 0 Å². The second-order valence-corrected chi connectivity index (χ2v) is 4.32. The van der Waals surface area contributed by atoms with Crippen molar-refractivity contribution in [2.75, 3.05) is 0 Å². The molecular weight excluding hydrogens is 263 g/mol. The minimum atomic E-state index is -1.05. The fraction of sp³-hybridized carbons (Fsp3) is 0.0909. The Hall–Kier alpha value is -1.52. The summed E-state index contributed by atoms with van der Waals surface area (Å²) in [6.45, 7) is 1.68. The molecule has 88 valence electrons. The van der Waals surface area contributed by atoms with Crippen LogP contribution in [0.3, 0.4) is 0 Å². The number of halogens is 2. The van der Waals surface area contributed by atoms with Gasteiger partial charge in [-0.15, -0.1) is 0 Å². The maximum absolute atomic E-state index is 10.9. The van der Waals surface area contributed by atoms with Gasteiger partial charge < -0.3 is 5.11 Å². The number of rotatable bonds is 2. The SMILES string of the molecule is Cc1cn(-c2ccc(Cl)c(Cl)c2)nc1C(=O)O. The predicted molar refractivity (Wildman–Crippen MR) is 65.3 cm³/mol. The Kier molecular flexibility index (Phi) is 3.09. The topological polar surface area (TPSA) is 55.1 Å². The van der Waals surface area contributed by atoms with Gasteiger partial charge in [-0.2, -0.15) is 5.10 Å². The molecule has 0 spiro atoms. The Morgan fingerprint density at radius 3 is 2.59 bits per heavy atom. The number of benzene rings is 1. The number of aromatic nitrogens is 2. The average molecular weight is 271 g/mol. The van der Waals surface area contributed by atoms with Crippen LogP contribution < -0.4 is 0 Å². The minimum absolute atomic E-state index is 0.0241. The van der Waals surface area contributed by atoms with E-state index in [1.54, 1.807) is 31.3 Å². The number of nitrogens with zero attached hydrogens (tertiary/aromatic N) is 2. The van der Waals surface area contributed by atoms with E-state index in [2.05, 4.69) is 5.10 Å². The quantitative estimate of drug-likeness (QED) is 0.912. The van der Waals surface area contributed by atoms with Crippen molar-refractivity contribution in [3.8, 4) is 5.69 Å². The van der Waals surface area contributed by atoms with Gasteiger partial charge in [0, 0.05) is 11.8 Å². The zero-order valence-corrected chi connectivity index (χ0v) is 10.3. The molecule has 0 amide bonds. The Morgan fingerprint density at radius 1 is 1.35 bits per heavy atom. The summed E-state index contributed by atoms with van der Waals surface area (Å²) in [7, 11) is 0. The first-order valence-corrected chi connectivity index (χ1v) is 5.49. The molecular formula is C11H8Cl2N2O2. The summed E-state index contributed by atoms with van der Waals surface area (Å²) in [6.07, 6.45) is 1.63. The van der Waals surface area contributed by atoms with Crippen molar-refractivity contribution in [2.24, 2.45) is 0 Å². The van der Waals surface area contributed by atoms with Gasteiger partial charge in [-0.1, -0.05) is 23.2 Å². The number of carbonyl (C=O) groups is 1. The molecule has 0 saturated heterocycles. The molecule has 0 fully saturated rings. The van der Waals surface area contributed by atoms with Gasteiger partial charge in [-0.25, -0.2) is 9.48 Å². The number of hydrogen-bond donors (Lipinski definition) is 1. The largest absolute Gasteiger partial charge is 0.476 e. The predicted octanol–water partition coefficient (Wildman–Crippen LogP) is 3.19. The number of carboxylic acids is 1. The molecule has 6 heteroatoms. The lowest BCUT2D eigenvalue weighted by Gasteiger charge is -2.02. The van der Waals surface area contributed by atoms with Gasteiger partial charge >= 0.3 is 5.97 Å². The number of carboxylic acid groups (broad SMARTS) is 1. The molecule has 0 unspecified atom stereocenters. The van der Waals surface area contributed by atoms with Crippen LogP contribution >= 0.6 is 23.2 Å². The fourth-order valence-corrected chi connectivity index (χ4v) is 1.72. The normalized spacial score (nSPS) is 10.5. The van der Waals surface area contributed by atoms with Gasteiger partial charge in [0.1, 0.15) is 0 Å². The molecule has 1 aromatic heterocycles. The van der Waals surface area contributed by atoms with Gasteiger partial charge in [0.25, 0.3) is 0 Å².